The lowest BCUT2D eigenvalue weighted by Crippen LogP contribution is -2.58. The highest BCUT2D eigenvalue weighted by Gasteiger charge is 2.35. The molecule has 0 bridgehead atoms. The van der Waals surface area contributed by atoms with Crippen LogP contribution in [0.5, 0.6) is 0 Å². The van der Waals surface area contributed by atoms with Crippen molar-refractivity contribution in [1.82, 2.24) is 4.90 Å². The summed E-state index contributed by atoms with van der Waals surface area (Å²) in [6, 6.07) is 2.47. The average molecular weight is 310 g/mol. The van der Waals surface area contributed by atoms with Gasteiger partial charge in [0.2, 0.25) is 11.8 Å². The number of hydrogen-bond acceptors (Lipinski definition) is 2. The van der Waals surface area contributed by atoms with E-state index < -0.39 is 17.7 Å². The van der Waals surface area contributed by atoms with E-state index in [9.17, 15) is 18.4 Å². The van der Waals surface area contributed by atoms with Gasteiger partial charge in [0, 0.05) is 25.6 Å². The smallest absolute Gasteiger partial charge is 0.249 e. The number of carbonyl (C=O) groups is 2. The SMILES string of the molecule is CC(C)CC(=O)N1CCN(c2ccc(F)cc2F)C(=O)C1C. The van der Waals surface area contributed by atoms with Crippen LogP contribution in [0, 0.1) is 17.6 Å². The quantitative estimate of drug-likeness (QED) is 0.861. The molecule has 0 spiro atoms. The van der Waals surface area contributed by atoms with Gasteiger partial charge in [0.05, 0.1) is 5.69 Å². The Hall–Kier alpha value is -1.98. The fourth-order valence-corrected chi connectivity index (χ4v) is 2.62. The summed E-state index contributed by atoms with van der Waals surface area (Å²) in [7, 11) is 0. The Morgan fingerprint density at radius 1 is 1.32 bits per heavy atom. The van der Waals surface area contributed by atoms with Crippen molar-refractivity contribution in [3.63, 3.8) is 0 Å². The number of hydrogen-bond donors (Lipinski definition) is 0. The van der Waals surface area contributed by atoms with E-state index in [1.165, 1.54) is 15.9 Å². The maximum Gasteiger partial charge on any atom is 0.249 e. The zero-order valence-electron chi connectivity index (χ0n) is 13.0. The highest BCUT2D eigenvalue weighted by Crippen LogP contribution is 2.24. The van der Waals surface area contributed by atoms with Gasteiger partial charge in [-0.3, -0.25) is 9.59 Å². The molecule has 1 fully saturated rings. The van der Waals surface area contributed by atoms with Gasteiger partial charge in [-0.1, -0.05) is 13.8 Å². The molecule has 0 aliphatic carbocycles. The molecule has 4 nitrogen and oxygen atoms in total. The molecule has 1 aliphatic heterocycles. The Morgan fingerprint density at radius 2 is 2.00 bits per heavy atom. The van der Waals surface area contributed by atoms with Crippen molar-refractivity contribution in [2.24, 2.45) is 5.92 Å². The number of anilines is 1. The number of piperazine rings is 1. The Kier molecular flexibility index (Phi) is 4.78. The monoisotopic (exact) mass is 310 g/mol. The molecule has 0 N–H and O–H groups in total. The topological polar surface area (TPSA) is 40.6 Å². The lowest BCUT2D eigenvalue weighted by Gasteiger charge is -2.39. The van der Waals surface area contributed by atoms with E-state index in [1.54, 1.807) is 6.92 Å². The first-order chi connectivity index (χ1) is 10.3. The maximum absolute atomic E-state index is 13.8. The molecule has 1 atom stereocenters. The summed E-state index contributed by atoms with van der Waals surface area (Å²) in [6.45, 7) is 6.06. The first kappa shape index (κ1) is 16.4. The second-order valence-corrected chi connectivity index (χ2v) is 5.95. The van der Waals surface area contributed by atoms with Crippen molar-refractivity contribution in [3.8, 4) is 0 Å². The summed E-state index contributed by atoms with van der Waals surface area (Å²) in [5.41, 5.74) is 0.0502. The standard InChI is InChI=1S/C16H20F2N2O2/c1-10(2)8-15(21)19-6-7-20(16(22)11(19)3)14-5-4-12(17)9-13(14)18/h4-5,9-11H,6-8H2,1-3H3. The van der Waals surface area contributed by atoms with E-state index in [-0.39, 0.29) is 30.0 Å². The molecule has 1 aromatic rings. The number of benzene rings is 1. The fraction of sp³-hybridized carbons (Fsp3) is 0.500. The van der Waals surface area contributed by atoms with Gasteiger partial charge in [0.25, 0.3) is 0 Å². The van der Waals surface area contributed by atoms with E-state index in [0.29, 0.717) is 13.0 Å². The van der Waals surface area contributed by atoms with Crippen molar-refractivity contribution in [1.29, 1.82) is 0 Å². The number of halogens is 2. The van der Waals surface area contributed by atoms with Crippen molar-refractivity contribution >= 4 is 17.5 Å². The summed E-state index contributed by atoms with van der Waals surface area (Å²) in [4.78, 5) is 27.4. The molecule has 22 heavy (non-hydrogen) atoms. The minimum atomic E-state index is -0.775. The normalized spacial score (nSPS) is 19.0. The number of carbonyl (C=O) groups excluding carboxylic acids is 2. The van der Waals surface area contributed by atoms with Crippen LogP contribution in [-0.2, 0) is 9.59 Å². The van der Waals surface area contributed by atoms with Gasteiger partial charge in [-0.15, -0.1) is 0 Å². The van der Waals surface area contributed by atoms with Gasteiger partial charge in [-0.2, -0.15) is 0 Å². The zero-order chi connectivity index (χ0) is 16.4. The summed E-state index contributed by atoms with van der Waals surface area (Å²) in [5.74, 6) is -1.68. The Labute approximate surface area is 128 Å². The number of rotatable bonds is 3. The van der Waals surface area contributed by atoms with Crippen LogP contribution in [0.4, 0.5) is 14.5 Å². The second-order valence-electron chi connectivity index (χ2n) is 5.95. The van der Waals surface area contributed by atoms with Crippen molar-refractivity contribution in [2.75, 3.05) is 18.0 Å². The van der Waals surface area contributed by atoms with Gasteiger partial charge in [0.15, 0.2) is 0 Å². The molecule has 1 aromatic carbocycles. The number of nitrogens with zero attached hydrogens (tertiary/aromatic N) is 2. The molecule has 1 heterocycles. The van der Waals surface area contributed by atoms with E-state index in [1.807, 2.05) is 13.8 Å². The van der Waals surface area contributed by atoms with Gasteiger partial charge in [0.1, 0.15) is 17.7 Å². The first-order valence-corrected chi connectivity index (χ1v) is 7.37. The third kappa shape index (κ3) is 3.26. The lowest BCUT2D eigenvalue weighted by atomic mass is 10.1. The molecular weight excluding hydrogens is 290 g/mol. The highest BCUT2D eigenvalue weighted by molar-refractivity contribution is 6.00. The summed E-state index contributed by atoms with van der Waals surface area (Å²) < 4.78 is 26.8. The molecule has 1 unspecified atom stereocenters. The molecule has 2 rings (SSSR count). The first-order valence-electron chi connectivity index (χ1n) is 7.37. The molecule has 1 saturated heterocycles. The molecule has 6 heteroatoms. The van der Waals surface area contributed by atoms with E-state index in [2.05, 4.69) is 0 Å². The van der Waals surface area contributed by atoms with Gasteiger partial charge in [-0.25, -0.2) is 8.78 Å². The van der Waals surface area contributed by atoms with E-state index in [4.69, 9.17) is 0 Å². The molecule has 0 aromatic heterocycles. The third-order valence-corrected chi connectivity index (χ3v) is 3.76. The largest absolute Gasteiger partial charge is 0.329 e. The molecule has 1 aliphatic rings. The van der Waals surface area contributed by atoms with Crippen LogP contribution in [-0.4, -0.2) is 35.8 Å². The zero-order valence-corrected chi connectivity index (χ0v) is 13.0. The lowest BCUT2D eigenvalue weighted by molar-refractivity contribution is -0.141. The van der Waals surface area contributed by atoms with Crippen molar-refractivity contribution in [3.05, 3.63) is 29.8 Å². The van der Waals surface area contributed by atoms with Crippen LogP contribution >= 0.6 is 0 Å². The van der Waals surface area contributed by atoms with Crippen LogP contribution < -0.4 is 4.90 Å². The predicted molar refractivity (Wildman–Crippen MR) is 79.3 cm³/mol. The van der Waals surface area contributed by atoms with Crippen LogP contribution in [0.2, 0.25) is 0 Å². The fourth-order valence-electron chi connectivity index (χ4n) is 2.62. The van der Waals surface area contributed by atoms with Gasteiger partial charge in [-0.05, 0) is 25.0 Å². The minimum absolute atomic E-state index is 0.0502. The van der Waals surface area contributed by atoms with Crippen LogP contribution in [0.15, 0.2) is 18.2 Å². The van der Waals surface area contributed by atoms with Crippen LogP contribution in [0.25, 0.3) is 0 Å². The molecule has 120 valence electrons. The van der Waals surface area contributed by atoms with Gasteiger partial charge < -0.3 is 9.80 Å². The molecule has 2 amide bonds. The van der Waals surface area contributed by atoms with E-state index in [0.717, 1.165) is 12.1 Å². The van der Waals surface area contributed by atoms with Gasteiger partial charge >= 0.3 is 0 Å². The Balaban J connectivity index is 2.17. The van der Waals surface area contributed by atoms with Crippen molar-refractivity contribution in [2.45, 2.75) is 33.2 Å². The van der Waals surface area contributed by atoms with E-state index >= 15 is 0 Å². The highest BCUT2D eigenvalue weighted by atomic mass is 19.1. The third-order valence-electron chi connectivity index (χ3n) is 3.76. The second kappa shape index (κ2) is 6.42. The van der Waals surface area contributed by atoms with Crippen LogP contribution in [0.1, 0.15) is 27.2 Å². The summed E-state index contributed by atoms with van der Waals surface area (Å²) >= 11 is 0. The minimum Gasteiger partial charge on any atom is -0.329 e. The molecule has 0 radical (unpaired) electrons. The average Bonchev–Trinajstić information content (AvgIpc) is 2.41. The Bertz CT molecular complexity index is 590. The summed E-state index contributed by atoms with van der Waals surface area (Å²) in [6.07, 6.45) is 0.378. The molecular formula is C16H20F2N2O2. The molecule has 0 saturated carbocycles. The van der Waals surface area contributed by atoms with Crippen molar-refractivity contribution < 1.29 is 18.4 Å². The predicted octanol–water partition coefficient (Wildman–Crippen LogP) is 2.57. The Morgan fingerprint density at radius 3 is 2.59 bits per heavy atom. The maximum atomic E-state index is 13.8. The summed E-state index contributed by atoms with van der Waals surface area (Å²) in [5, 5.41) is 0. The van der Waals surface area contributed by atoms with Crippen LogP contribution in [0.3, 0.4) is 0 Å². The number of amides is 2.